The van der Waals surface area contributed by atoms with Crippen molar-refractivity contribution < 1.29 is 8.83 Å². The molecule has 0 N–H and O–H groups in total. The Kier molecular flexibility index (Phi) is 17.1. The van der Waals surface area contributed by atoms with E-state index in [-0.39, 0.29) is 0 Å². The first-order valence-electron chi connectivity index (χ1n) is 42.3. The summed E-state index contributed by atoms with van der Waals surface area (Å²) in [5.41, 5.74) is 27.2. The zero-order valence-corrected chi connectivity index (χ0v) is 69.2. The van der Waals surface area contributed by atoms with Crippen LogP contribution in [0.2, 0.25) is 0 Å². The van der Waals surface area contributed by atoms with E-state index in [4.69, 9.17) is 33.8 Å². The van der Waals surface area contributed by atoms with Gasteiger partial charge in [0.15, 0.2) is 23.3 Å². The number of hydrogen-bond acceptors (Lipinski definition) is 9. The van der Waals surface area contributed by atoms with Crippen molar-refractivity contribution >= 4 is 151 Å². The van der Waals surface area contributed by atoms with Crippen LogP contribution in [0.25, 0.3) is 252 Å². The molecule has 26 aromatic rings. The molecule has 0 bridgehead atoms. The first-order chi connectivity index (χ1) is 62.4. The average molecular weight is 1640 g/mol. The highest BCUT2D eigenvalue weighted by atomic mass is 32.1. The maximum atomic E-state index is 6.74. The van der Waals surface area contributed by atoms with Gasteiger partial charge in [-0.05, 0) is 124 Å². The number of thiophene rings is 2. The standard InChI is InChI=1S/C58H35N3OS.C57H34N4OS/c1-4-14-36(15-5-1)41-28-29-46-52(32-41)61(51-31-30-45-43-20-10-12-22-53(43)62-56(45)55(46)51)42-33-47(57-48(34-42)44-21-11-13-23-54(44)63-57)37-24-26-40(27-25-37)58-59-49(38-16-6-2-7-17-38)35-50(60-58)39-18-8-3-9-19-39;1-4-14-35(15-5-1)40-28-29-45-49(32-40)61(48-31-30-44-42-20-10-12-22-50(42)62-53(44)52(45)48)41-33-46(54-47(34-41)43-21-11-13-23-51(43)63-54)36-24-26-39(27-25-36)57-59-55(37-16-6-2-7-17-37)58-56(60-57)38-18-8-3-9-19-38/h1-35H;1-34H. The average Bonchev–Trinajstić information content (AvgIpc) is 1.55. The van der Waals surface area contributed by atoms with Crippen LogP contribution < -0.4 is 0 Å². The summed E-state index contributed by atoms with van der Waals surface area (Å²) in [5, 5.41) is 14.0. The molecule has 8 heterocycles. The largest absolute Gasteiger partial charge is 0.455 e. The monoisotopic (exact) mass is 1640 g/mol. The van der Waals surface area contributed by atoms with Crippen molar-refractivity contribution in [3.63, 3.8) is 0 Å². The lowest BCUT2D eigenvalue weighted by Gasteiger charge is -2.14. The normalized spacial score (nSPS) is 11.8. The number of rotatable bonds is 12. The Morgan fingerprint density at radius 3 is 0.905 bits per heavy atom. The van der Waals surface area contributed by atoms with Crippen LogP contribution in [0, 0.1) is 0 Å². The Morgan fingerprint density at radius 1 is 0.198 bits per heavy atom. The molecule has 0 aliphatic rings. The molecule has 8 aromatic heterocycles. The van der Waals surface area contributed by atoms with Gasteiger partial charge in [-0.2, -0.15) is 0 Å². The molecule has 18 aromatic carbocycles. The van der Waals surface area contributed by atoms with Gasteiger partial charge in [-0.15, -0.1) is 22.7 Å². The summed E-state index contributed by atoms with van der Waals surface area (Å²) in [6.45, 7) is 0. The van der Waals surface area contributed by atoms with Gasteiger partial charge in [-0.1, -0.05) is 328 Å². The SMILES string of the molecule is c1ccc(-c2ccc3c4c5oc6ccccc6c5ccc4n(-c4cc(-c5ccc(-c6nc(-c7ccccc7)cc(-c7ccccc7)n6)cc5)c5sc6ccccc6c5c4)c3c2)cc1.c1ccc(-c2ccc3c4c5oc6ccccc6c5ccc4n(-c4cc(-c5ccc(-c6nc(-c7ccccc7)nc(-c7ccccc7)n6)cc5)c5sc6ccccc6c5c4)c3c2)cc1. The lowest BCUT2D eigenvalue weighted by molar-refractivity contribution is 0.672. The molecular weight excluding hydrogens is 1580 g/mol. The first-order valence-corrected chi connectivity index (χ1v) is 43.9. The van der Waals surface area contributed by atoms with Gasteiger partial charge in [0.2, 0.25) is 0 Å². The predicted octanol–water partition coefficient (Wildman–Crippen LogP) is 31.7. The fraction of sp³-hybridized carbons (Fsp3) is 0. The number of hydrogen-bond donors (Lipinski definition) is 0. The highest BCUT2D eigenvalue weighted by molar-refractivity contribution is 7.26. The lowest BCUT2D eigenvalue weighted by atomic mass is 9.99. The van der Waals surface area contributed by atoms with E-state index in [0.717, 1.165) is 160 Å². The van der Waals surface area contributed by atoms with E-state index in [9.17, 15) is 0 Å². The van der Waals surface area contributed by atoms with Gasteiger partial charge in [-0.3, -0.25) is 0 Å². The number of nitrogens with zero attached hydrogens (tertiary/aromatic N) is 7. The van der Waals surface area contributed by atoms with E-state index in [1.165, 1.54) is 68.2 Å². The molecule has 26 rings (SSSR count). The second-order valence-electron chi connectivity index (χ2n) is 32.1. The zero-order chi connectivity index (χ0) is 82.9. The van der Waals surface area contributed by atoms with E-state index < -0.39 is 0 Å². The predicted molar refractivity (Wildman–Crippen MR) is 525 cm³/mol. The molecule has 0 radical (unpaired) electrons. The molecule has 0 saturated carbocycles. The molecular formula is C115H69N7O2S2. The van der Waals surface area contributed by atoms with Gasteiger partial charge in [0.1, 0.15) is 22.3 Å². The molecule has 0 unspecified atom stereocenters. The molecule has 0 saturated heterocycles. The fourth-order valence-electron chi connectivity index (χ4n) is 18.7. The van der Waals surface area contributed by atoms with E-state index in [0.29, 0.717) is 23.3 Å². The molecule has 588 valence electrons. The number of para-hydroxylation sites is 2. The Bertz CT molecular complexity index is 8170. The summed E-state index contributed by atoms with van der Waals surface area (Å²) in [6.07, 6.45) is 0. The number of aromatic nitrogens is 7. The second-order valence-corrected chi connectivity index (χ2v) is 34.2. The van der Waals surface area contributed by atoms with Crippen molar-refractivity contribution in [1.29, 1.82) is 0 Å². The fourth-order valence-corrected chi connectivity index (χ4v) is 21.1. The molecule has 0 atom stereocenters. The zero-order valence-electron chi connectivity index (χ0n) is 67.6. The Morgan fingerprint density at radius 2 is 0.508 bits per heavy atom. The van der Waals surface area contributed by atoms with Crippen molar-refractivity contribution in [1.82, 2.24) is 34.1 Å². The third-order valence-electron chi connectivity index (χ3n) is 24.7. The van der Waals surface area contributed by atoms with Gasteiger partial charge in [0, 0.05) is 129 Å². The molecule has 9 nitrogen and oxygen atoms in total. The molecule has 0 spiro atoms. The van der Waals surface area contributed by atoms with Gasteiger partial charge in [0.25, 0.3) is 0 Å². The van der Waals surface area contributed by atoms with Crippen LogP contribution in [-0.2, 0) is 0 Å². The van der Waals surface area contributed by atoms with Crippen molar-refractivity contribution in [3.8, 4) is 124 Å². The Hall–Kier alpha value is -16.3. The van der Waals surface area contributed by atoms with Crippen LogP contribution in [0.15, 0.2) is 427 Å². The molecule has 0 fully saturated rings. The van der Waals surface area contributed by atoms with E-state index in [2.05, 4.69) is 343 Å². The van der Waals surface area contributed by atoms with Crippen molar-refractivity contribution in [3.05, 3.63) is 419 Å². The molecule has 0 aliphatic carbocycles. The van der Waals surface area contributed by atoms with Crippen LogP contribution in [-0.4, -0.2) is 34.1 Å². The smallest absolute Gasteiger partial charge is 0.164 e. The van der Waals surface area contributed by atoms with Crippen LogP contribution in [0.4, 0.5) is 0 Å². The van der Waals surface area contributed by atoms with Crippen LogP contribution >= 0.6 is 22.7 Å². The van der Waals surface area contributed by atoms with Gasteiger partial charge < -0.3 is 18.0 Å². The van der Waals surface area contributed by atoms with E-state index in [1.54, 1.807) is 0 Å². The number of fused-ring (bicyclic) bond motifs is 20. The maximum Gasteiger partial charge on any atom is 0.164 e. The van der Waals surface area contributed by atoms with Crippen molar-refractivity contribution in [2.45, 2.75) is 0 Å². The topological polar surface area (TPSA) is 101 Å². The quantitative estimate of drug-likeness (QED) is 0.120. The van der Waals surface area contributed by atoms with E-state index >= 15 is 0 Å². The summed E-state index contributed by atoms with van der Waals surface area (Å²) in [4.78, 5) is 25.2. The van der Waals surface area contributed by atoms with Crippen LogP contribution in [0.5, 0.6) is 0 Å². The summed E-state index contributed by atoms with van der Waals surface area (Å²) < 4.78 is 23.4. The van der Waals surface area contributed by atoms with Crippen LogP contribution in [0.3, 0.4) is 0 Å². The summed E-state index contributed by atoms with van der Waals surface area (Å²) in [5.74, 6) is 2.61. The van der Waals surface area contributed by atoms with Crippen LogP contribution in [0.1, 0.15) is 0 Å². The lowest BCUT2D eigenvalue weighted by Crippen LogP contribution is -2.00. The molecule has 126 heavy (non-hydrogen) atoms. The summed E-state index contributed by atoms with van der Waals surface area (Å²) >= 11 is 3.69. The Balaban J connectivity index is 0.000000137. The van der Waals surface area contributed by atoms with Crippen molar-refractivity contribution in [2.75, 3.05) is 0 Å². The van der Waals surface area contributed by atoms with Gasteiger partial charge in [0.05, 0.1) is 44.2 Å². The number of benzene rings is 18. The minimum atomic E-state index is 0.631. The minimum Gasteiger partial charge on any atom is -0.455 e. The second kappa shape index (κ2) is 29.8. The summed E-state index contributed by atoms with van der Waals surface area (Å²) in [7, 11) is 0. The third-order valence-corrected chi connectivity index (χ3v) is 27.1. The number of furan rings is 2. The highest BCUT2D eigenvalue weighted by Gasteiger charge is 2.26. The minimum absolute atomic E-state index is 0.631. The Labute approximate surface area is 730 Å². The first kappa shape index (κ1) is 72.5. The highest BCUT2D eigenvalue weighted by Crippen LogP contribution is 2.50. The summed E-state index contributed by atoms with van der Waals surface area (Å²) in [6, 6.07) is 148. The van der Waals surface area contributed by atoms with E-state index in [1.807, 2.05) is 108 Å². The maximum absolute atomic E-state index is 6.74. The molecule has 0 aliphatic heterocycles. The van der Waals surface area contributed by atoms with Crippen molar-refractivity contribution in [2.24, 2.45) is 0 Å². The third kappa shape index (κ3) is 12.3. The molecule has 0 amide bonds. The van der Waals surface area contributed by atoms with Gasteiger partial charge in [-0.25, -0.2) is 24.9 Å². The van der Waals surface area contributed by atoms with Gasteiger partial charge >= 0.3 is 0 Å². The molecule has 11 heteroatoms.